The number of hydrogen-bond donors (Lipinski definition) is 2. The summed E-state index contributed by atoms with van der Waals surface area (Å²) in [6.45, 7) is 2.64. The van der Waals surface area contributed by atoms with Gasteiger partial charge in [0.15, 0.2) is 0 Å². The van der Waals surface area contributed by atoms with Crippen LogP contribution in [-0.2, 0) is 11.3 Å². The number of carbonyl (C=O) groups is 1. The molecule has 0 saturated heterocycles. The number of carbonyl (C=O) groups excluding carboxylic acids is 1. The molecule has 0 aliphatic heterocycles. The predicted octanol–water partition coefficient (Wildman–Crippen LogP) is 5.38. The molecule has 1 aromatic heterocycles. The Morgan fingerprint density at radius 1 is 1.09 bits per heavy atom. The van der Waals surface area contributed by atoms with Gasteiger partial charge < -0.3 is 10.0 Å². The highest BCUT2D eigenvalue weighted by Crippen LogP contribution is 2.31. The van der Waals surface area contributed by atoms with Crippen LogP contribution in [0.3, 0.4) is 0 Å². The third-order valence-corrected chi connectivity index (χ3v) is 7.18. The van der Waals surface area contributed by atoms with Gasteiger partial charge in [0.25, 0.3) is 0 Å². The lowest BCUT2D eigenvalue weighted by molar-refractivity contribution is -0.136. The second-order valence-corrected chi connectivity index (χ2v) is 9.68. The first-order valence-electron chi connectivity index (χ1n) is 13.0. The molecule has 2 N–H and O–H groups in total. The smallest absolute Gasteiger partial charge is 0.223 e. The molecule has 7 heteroatoms. The summed E-state index contributed by atoms with van der Waals surface area (Å²) in [7, 11) is 0. The SMILES string of the molecule is CCCCC(=O)N(Cc1ccc(-c2ccccc2-c2nn[nH]n2)cc1)[C@H](CO)CC1CCCCC1. The zero-order valence-electron chi connectivity index (χ0n) is 20.7. The van der Waals surface area contributed by atoms with Crippen LogP contribution in [0.15, 0.2) is 48.5 Å². The number of aromatic amines is 1. The third-order valence-electron chi connectivity index (χ3n) is 7.18. The monoisotopic (exact) mass is 475 g/mol. The summed E-state index contributed by atoms with van der Waals surface area (Å²) in [5.74, 6) is 1.31. The topological polar surface area (TPSA) is 95.0 Å². The van der Waals surface area contributed by atoms with Crippen molar-refractivity contribution < 1.29 is 9.90 Å². The standard InChI is InChI=1S/C28H37N5O2/c1-2-3-13-27(35)33(24(20-34)18-21-9-5-4-6-10-21)19-22-14-16-23(17-15-22)25-11-7-8-12-26(25)28-29-31-32-30-28/h7-8,11-12,14-17,21,24,34H,2-6,9-10,13,18-20H2,1H3,(H,29,30,31,32)/t24-/m0/s1. The van der Waals surface area contributed by atoms with Crippen LogP contribution in [0.2, 0.25) is 0 Å². The summed E-state index contributed by atoms with van der Waals surface area (Å²) in [6.07, 6.45) is 9.55. The number of rotatable bonds is 11. The molecule has 1 aliphatic rings. The number of hydrogen-bond acceptors (Lipinski definition) is 5. The van der Waals surface area contributed by atoms with E-state index in [2.05, 4.69) is 51.8 Å². The van der Waals surface area contributed by atoms with Gasteiger partial charge in [-0.2, -0.15) is 5.21 Å². The Morgan fingerprint density at radius 2 is 1.83 bits per heavy atom. The molecular weight excluding hydrogens is 438 g/mol. The van der Waals surface area contributed by atoms with Gasteiger partial charge in [-0.05, 0) is 40.7 Å². The molecule has 186 valence electrons. The van der Waals surface area contributed by atoms with Crippen molar-refractivity contribution in [2.75, 3.05) is 6.61 Å². The summed E-state index contributed by atoms with van der Waals surface area (Å²) in [5, 5.41) is 24.8. The van der Waals surface area contributed by atoms with Crippen molar-refractivity contribution in [3.63, 3.8) is 0 Å². The average Bonchev–Trinajstić information content (AvgIpc) is 3.45. The van der Waals surface area contributed by atoms with Crippen molar-refractivity contribution in [2.45, 2.75) is 77.3 Å². The minimum absolute atomic E-state index is 0.0184. The van der Waals surface area contributed by atoms with E-state index in [1.165, 1.54) is 32.1 Å². The Hall–Kier alpha value is -3.06. The van der Waals surface area contributed by atoms with Crippen molar-refractivity contribution >= 4 is 5.91 Å². The van der Waals surface area contributed by atoms with Gasteiger partial charge in [0.05, 0.1) is 12.6 Å². The summed E-state index contributed by atoms with van der Waals surface area (Å²) in [4.78, 5) is 15.1. The third kappa shape index (κ3) is 6.54. The lowest BCUT2D eigenvalue weighted by Gasteiger charge is -2.34. The van der Waals surface area contributed by atoms with Crippen LogP contribution in [0.25, 0.3) is 22.5 Å². The van der Waals surface area contributed by atoms with Crippen LogP contribution < -0.4 is 0 Å². The molecule has 2 aromatic carbocycles. The number of aromatic nitrogens is 4. The van der Waals surface area contributed by atoms with Gasteiger partial charge >= 0.3 is 0 Å². The van der Waals surface area contributed by atoms with Crippen LogP contribution in [0.1, 0.15) is 70.3 Å². The van der Waals surface area contributed by atoms with Crippen molar-refractivity contribution in [1.29, 1.82) is 0 Å². The highest BCUT2D eigenvalue weighted by atomic mass is 16.3. The number of benzene rings is 2. The summed E-state index contributed by atoms with van der Waals surface area (Å²) < 4.78 is 0. The van der Waals surface area contributed by atoms with Crippen LogP contribution in [0, 0.1) is 5.92 Å². The lowest BCUT2D eigenvalue weighted by atomic mass is 9.84. The van der Waals surface area contributed by atoms with E-state index >= 15 is 0 Å². The first-order valence-corrected chi connectivity index (χ1v) is 13.0. The number of nitrogens with zero attached hydrogens (tertiary/aromatic N) is 4. The van der Waals surface area contributed by atoms with Crippen LogP contribution in [0.5, 0.6) is 0 Å². The van der Waals surface area contributed by atoms with Gasteiger partial charge in [0, 0.05) is 18.5 Å². The molecule has 35 heavy (non-hydrogen) atoms. The van der Waals surface area contributed by atoms with E-state index < -0.39 is 0 Å². The summed E-state index contributed by atoms with van der Waals surface area (Å²) >= 11 is 0. The van der Waals surface area contributed by atoms with E-state index in [0.29, 0.717) is 24.7 Å². The fraction of sp³-hybridized carbons (Fsp3) is 0.500. The van der Waals surface area contributed by atoms with E-state index in [-0.39, 0.29) is 18.6 Å². The van der Waals surface area contributed by atoms with Crippen molar-refractivity contribution in [3.05, 3.63) is 54.1 Å². The molecule has 1 amide bonds. The van der Waals surface area contributed by atoms with Crippen molar-refractivity contribution in [3.8, 4) is 22.5 Å². The minimum atomic E-state index is -0.124. The molecule has 1 fully saturated rings. The number of unbranched alkanes of at least 4 members (excludes halogenated alkanes) is 1. The Kier molecular flexibility index (Phi) is 9.01. The molecule has 4 rings (SSSR count). The van der Waals surface area contributed by atoms with Crippen molar-refractivity contribution in [2.24, 2.45) is 5.92 Å². The Balaban J connectivity index is 1.53. The maximum absolute atomic E-state index is 13.2. The molecule has 1 atom stereocenters. The fourth-order valence-electron chi connectivity index (χ4n) is 5.19. The van der Waals surface area contributed by atoms with E-state index in [9.17, 15) is 9.90 Å². The highest BCUT2D eigenvalue weighted by Gasteiger charge is 2.27. The number of tetrazole rings is 1. The predicted molar refractivity (Wildman–Crippen MR) is 137 cm³/mol. The second-order valence-electron chi connectivity index (χ2n) is 9.68. The molecule has 3 aromatic rings. The number of nitrogens with one attached hydrogen (secondary N) is 1. The van der Waals surface area contributed by atoms with E-state index in [1.807, 2.05) is 29.2 Å². The Labute approximate surface area is 208 Å². The molecule has 7 nitrogen and oxygen atoms in total. The maximum Gasteiger partial charge on any atom is 0.223 e. The molecule has 1 saturated carbocycles. The van der Waals surface area contributed by atoms with Crippen LogP contribution in [-0.4, -0.2) is 49.2 Å². The van der Waals surface area contributed by atoms with Crippen molar-refractivity contribution in [1.82, 2.24) is 25.5 Å². The largest absolute Gasteiger partial charge is 0.394 e. The highest BCUT2D eigenvalue weighted by molar-refractivity contribution is 5.80. The quantitative estimate of drug-likeness (QED) is 0.388. The van der Waals surface area contributed by atoms with Gasteiger partial charge in [-0.15, -0.1) is 10.2 Å². The van der Waals surface area contributed by atoms with Gasteiger partial charge in [-0.1, -0.05) is 94.0 Å². The van der Waals surface area contributed by atoms with Gasteiger partial charge in [-0.3, -0.25) is 4.79 Å². The Bertz CT molecular complexity index is 1050. The molecule has 1 heterocycles. The molecular formula is C28H37N5O2. The van der Waals surface area contributed by atoms with Gasteiger partial charge in [0.1, 0.15) is 0 Å². The Morgan fingerprint density at radius 3 is 2.49 bits per heavy atom. The lowest BCUT2D eigenvalue weighted by Crippen LogP contribution is -2.43. The van der Waals surface area contributed by atoms with E-state index in [0.717, 1.165) is 41.5 Å². The molecule has 1 aliphatic carbocycles. The number of aliphatic hydroxyl groups is 1. The van der Waals surface area contributed by atoms with E-state index in [1.54, 1.807) is 0 Å². The molecule has 0 spiro atoms. The number of aliphatic hydroxyl groups excluding tert-OH is 1. The first kappa shape index (κ1) is 25.0. The molecule has 0 unspecified atom stereocenters. The molecule has 0 bridgehead atoms. The first-order chi connectivity index (χ1) is 17.2. The minimum Gasteiger partial charge on any atom is -0.394 e. The normalized spacial score (nSPS) is 15.1. The average molecular weight is 476 g/mol. The zero-order chi connectivity index (χ0) is 24.5. The summed E-state index contributed by atoms with van der Waals surface area (Å²) in [5.41, 5.74) is 4.07. The number of H-pyrrole nitrogens is 1. The zero-order valence-corrected chi connectivity index (χ0v) is 20.7. The van der Waals surface area contributed by atoms with Crippen LogP contribution in [0.4, 0.5) is 0 Å². The maximum atomic E-state index is 13.2. The van der Waals surface area contributed by atoms with Gasteiger partial charge in [-0.25, -0.2) is 0 Å². The second kappa shape index (κ2) is 12.6. The fourth-order valence-corrected chi connectivity index (χ4v) is 5.19. The van der Waals surface area contributed by atoms with Gasteiger partial charge in [0.2, 0.25) is 11.7 Å². The number of amides is 1. The van der Waals surface area contributed by atoms with E-state index in [4.69, 9.17) is 0 Å². The molecule has 0 radical (unpaired) electrons. The van der Waals surface area contributed by atoms with Crippen LogP contribution >= 0.6 is 0 Å². The summed E-state index contributed by atoms with van der Waals surface area (Å²) in [6, 6.07) is 16.2.